The fourth-order valence-electron chi connectivity index (χ4n) is 3.89. The van der Waals surface area contributed by atoms with E-state index in [1.165, 1.54) is 29.7 Å². The topological polar surface area (TPSA) is 93.3 Å². The number of aryl methyl sites for hydroxylation is 1. The normalized spacial score (nSPS) is 18.2. The lowest BCUT2D eigenvalue weighted by Gasteiger charge is -2.35. The van der Waals surface area contributed by atoms with Gasteiger partial charge in [-0.3, -0.25) is 9.36 Å². The lowest BCUT2D eigenvalue weighted by atomic mass is 10.2. The molecule has 1 aliphatic heterocycles. The number of hydrogen-bond donors (Lipinski definition) is 0. The third-order valence-corrected chi connectivity index (χ3v) is 7.63. The minimum absolute atomic E-state index is 0.00437. The molecule has 3 aromatic rings. The van der Waals surface area contributed by atoms with Crippen molar-refractivity contribution >= 4 is 26.6 Å². The van der Waals surface area contributed by atoms with Crippen LogP contribution in [0.2, 0.25) is 0 Å². The van der Waals surface area contributed by atoms with Gasteiger partial charge in [0.2, 0.25) is 0 Å². The van der Waals surface area contributed by atoms with E-state index in [9.17, 15) is 13.2 Å². The summed E-state index contributed by atoms with van der Waals surface area (Å²) in [6.07, 6.45) is 7.03. The van der Waals surface area contributed by atoms with Crippen LogP contribution in [0, 0.1) is 5.92 Å². The van der Waals surface area contributed by atoms with Gasteiger partial charge in [0.1, 0.15) is 0 Å². The highest BCUT2D eigenvalue weighted by atomic mass is 32.2. The third-order valence-electron chi connectivity index (χ3n) is 5.85. The Bertz CT molecular complexity index is 1250. The Kier molecular flexibility index (Phi) is 4.62. The second-order valence-corrected chi connectivity index (χ2v) is 10.0. The predicted octanol–water partition coefficient (Wildman–Crippen LogP) is 1.05. The van der Waals surface area contributed by atoms with E-state index in [-0.39, 0.29) is 10.6 Å². The summed E-state index contributed by atoms with van der Waals surface area (Å²) in [5, 5.41) is 0.703. The molecule has 158 valence electrons. The summed E-state index contributed by atoms with van der Waals surface area (Å²) in [7, 11) is -1.83. The number of aromatic nitrogens is 4. The van der Waals surface area contributed by atoms with E-state index in [4.69, 9.17) is 0 Å². The molecule has 9 nitrogen and oxygen atoms in total. The summed E-state index contributed by atoms with van der Waals surface area (Å²) >= 11 is 0. The quantitative estimate of drug-likeness (QED) is 0.603. The first-order valence-electron chi connectivity index (χ1n) is 10.1. The number of fused-ring (bicyclic) bond motifs is 1. The van der Waals surface area contributed by atoms with E-state index < -0.39 is 10.0 Å². The molecular formula is C20H24N6O3S. The van der Waals surface area contributed by atoms with Crippen LogP contribution < -0.4 is 10.5 Å². The van der Waals surface area contributed by atoms with Gasteiger partial charge in [-0.05, 0) is 37.0 Å². The van der Waals surface area contributed by atoms with Gasteiger partial charge in [-0.2, -0.15) is 4.31 Å². The average molecular weight is 429 g/mol. The number of anilines is 1. The number of imidazole rings is 1. The maximum atomic E-state index is 12.8. The van der Waals surface area contributed by atoms with Crippen molar-refractivity contribution in [3.63, 3.8) is 0 Å². The number of nitrogens with zero attached hydrogens (tertiary/aromatic N) is 6. The Labute approximate surface area is 174 Å². The van der Waals surface area contributed by atoms with Crippen LogP contribution in [0.4, 0.5) is 5.69 Å². The first kappa shape index (κ1) is 19.3. The number of sulfonamides is 1. The van der Waals surface area contributed by atoms with E-state index in [1.54, 1.807) is 22.5 Å². The smallest absolute Gasteiger partial charge is 0.262 e. The lowest BCUT2D eigenvalue weighted by molar-refractivity contribution is 0.383. The molecule has 2 aliphatic rings. The highest BCUT2D eigenvalue weighted by molar-refractivity contribution is 7.89. The van der Waals surface area contributed by atoms with Gasteiger partial charge >= 0.3 is 0 Å². The van der Waals surface area contributed by atoms with Crippen LogP contribution in [0.1, 0.15) is 12.8 Å². The molecule has 0 N–H and O–H groups in total. The Hall–Kier alpha value is -2.72. The van der Waals surface area contributed by atoms with Gasteiger partial charge in [0, 0.05) is 51.7 Å². The molecule has 30 heavy (non-hydrogen) atoms. The van der Waals surface area contributed by atoms with Gasteiger partial charge in [0.15, 0.2) is 5.03 Å². The Morgan fingerprint density at radius 3 is 2.50 bits per heavy atom. The van der Waals surface area contributed by atoms with Crippen molar-refractivity contribution in [2.24, 2.45) is 13.0 Å². The van der Waals surface area contributed by atoms with Gasteiger partial charge < -0.3 is 9.47 Å². The van der Waals surface area contributed by atoms with Crippen molar-refractivity contribution in [1.29, 1.82) is 0 Å². The average Bonchev–Trinajstić information content (AvgIpc) is 3.46. The first-order chi connectivity index (χ1) is 14.4. The fraction of sp³-hybridized carbons (Fsp3) is 0.450. The van der Waals surface area contributed by atoms with Crippen LogP contribution in [-0.2, 0) is 23.6 Å². The SMILES string of the molecule is Cn1cnc(S(=O)(=O)N2CCN(c3ccc4c(=O)n(CC5CC5)cnc4c3)CC2)c1. The van der Waals surface area contributed by atoms with Crippen LogP contribution in [0.25, 0.3) is 10.9 Å². The van der Waals surface area contributed by atoms with Crippen molar-refractivity contribution in [2.75, 3.05) is 31.1 Å². The summed E-state index contributed by atoms with van der Waals surface area (Å²) in [6, 6.07) is 5.68. The maximum Gasteiger partial charge on any atom is 0.262 e. The Balaban J connectivity index is 1.32. The molecule has 2 fully saturated rings. The highest BCUT2D eigenvalue weighted by Gasteiger charge is 2.30. The Morgan fingerprint density at radius 1 is 1.07 bits per heavy atom. The summed E-state index contributed by atoms with van der Waals surface area (Å²) in [6.45, 7) is 2.64. The van der Waals surface area contributed by atoms with E-state index in [0.717, 1.165) is 12.2 Å². The van der Waals surface area contributed by atoms with Crippen LogP contribution in [-0.4, -0.2) is 58.0 Å². The van der Waals surface area contributed by atoms with Crippen LogP contribution in [0.15, 0.2) is 46.9 Å². The third kappa shape index (κ3) is 3.50. The fourth-order valence-corrected chi connectivity index (χ4v) is 5.28. The summed E-state index contributed by atoms with van der Waals surface area (Å²) in [5.74, 6) is 0.611. The van der Waals surface area contributed by atoms with Crippen LogP contribution in [0.5, 0.6) is 0 Å². The van der Waals surface area contributed by atoms with E-state index in [1.807, 2.05) is 18.2 Å². The van der Waals surface area contributed by atoms with Gasteiger partial charge in [-0.15, -0.1) is 0 Å². The molecule has 1 saturated heterocycles. The second kappa shape index (κ2) is 7.21. The van der Waals surface area contributed by atoms with Crippen molar-refractivity contribution in [2.45, 2.75) is 24.4 Å². The molecule has 0 bridgehead atoms. The number of piperazine rings is 1. The zero-order valence-electron chi connectivity index (χ0n) is 16.8. The molecule has 1 saturated carbocycles. The van der Waals surface area contributed by atoms with Gasteiger partial charge in [0.05, 0.1) is 23.6 Å². The molecule has 0 radical (unpaired) electrons. The molecule has 0 amide bonds. The predicted molar refractivity (Wildman–Crippen MR) is 113 cm³/mol. The number of hydrogen-bond acceptors (Lipinski definition) is 6. The summed E-state index contributed by atoms with van der Waals surface area (Å²) in [4.78, 5) is 23.3. The molecule has 0 unspecified atom stereocenters. The van der Waals surface area contributed by atoms with Gasteiger partial charge in [0.25, 0.3) is 15.6 Å². The van der Waals surface area contributed by atoms with Gasteiger partial charge in [-0.25, -0.2) is 18.4 Å². The maximum absolute atomic E-state index is 12.8. The van der Waals surface area contributed by atoms with E-state index in [0.29, 0.717) is 43.0 Å². The first-order valence-corrected chi connectivity index (χ1v) is 11.6. The standard InChI is InChI=1S/C20H24N6O3S/c1-23-12-19(22-13-23)30(28,29)26-8-6-24(7-9-26)16-4-5-17-18(10-16)21-14-25(20(17)27)11-15-2-3-15/h4-5,10,12-15H,2-3,6-9,11H2,1H3. The van der Waals surface area contributed by atoms with Crippen LogP contribution in [0.3, 0.4) is 0 Å². The number of benzene rings is 1. The van der Waals surface area contributed by atoms with Crippen LogP contribution >= 0.6 is 0 Å². The molecule has 0 atom stereocenters. The summed E-state index contributed by atoms with van der Waals surface area (Å²) in [5.41, 5.74) is 1.63. The molecule has 2 aromatic heterocycles. The molecular weight excluding hydrogens is 404 g/mol. The van der Waals surface area contributed by atoms with Crippen molar-refractivity contribution in [3.8, 4) is 0 Å². The molecule has 0 spiro atoms. The molecule has 5 rings (SSSR count). The highest BCUT2D eigenvalue weighted by Crippen LogP contribution is 2.30. The van der Waals surface area contributed by atoms with Crippen molar-refractivity contribution in [1.82, 2.24) is 23.4 Å². The molecule has 3 heterocycles. The summed E-state index contributed by atoms with van der Waals surface area (Å²) < 4.78 is 30.3. The monoisotopic (exact) mass is 428 g/mol. The zero-order valence-corrected chi connectivity index (χ0v) is 17.6. The minimum Gasteiger partial charge on any atom is -0.369 e. The minimum atomic E-state index is -3.58. The lowest BCUT2D eigenvalue weighted by Crippen LogP contribution is -2.48. The van der Waals surface area contributed by atoms with E-state index in [2.05, 4.69) is 14.9 Å². The number of rotatable bonds is 5. The Morgan fingerprint density at radius 2 is 1.83 bits per heavy atom. The largest absolute Gasteiger partial charge is 0.369 e. The molecule has 1 aliphatic carbocycles. The van der Waals surface area contributed by atoms with E-state index >= 15 is 0 Å². The van der Waals surface area contributed by atoms with Crippen molar-refractivity contribution in [3.05, 3.63) is 47.4 Å². The second-order valence-electron chi connectivity index (χ2n) is 8.12. The van der Waals surface area contributed by atoms with Gasteiger partial charge in [-0.1, -0.05) is 0 Å². The zero-order chi connectivity index (χ0) is 20.9. The van der Waals surface area contributed by atoms with Crippen molar-refractivity contribution < 1.29 is 8.42 Å². The molecule has 10 heteroatoms. The molecule has 1 aromatic carbocycles.